The van der Waals surface area contributed by atoms with Crippen LogP contribution < -0.4 is 4.74 Å². The van der Waals surface area contributed by atoms with Crippen molar-refractivity contribution in [2.24, 2.45) is 0 Å². The standard InChI is InChI=1S/C14H14O/c1-14(2)9-15-13-11-6-4-3-5-10(11)7-8-12(13)14/h3-8H,9H2,1-2H3. The average molecular weight is 198 g/mol. The van der Waals surface area contributed by atoms with Crippen molar-refractivity contribution >= 4 is 10.8 Å². The second-order valence-electron chi connectivity index (χ2n) is 4.84. The molecule has 2 aromatic carbocycles. The summed E-state index contributed by atoms with van der Waals surface area (Å²) in [6, 6.07) is 12.8. The molecule has 0 fully saturated rings. The maximum atomic E-state index is 5.83. The third kappa shape index (κ3) is 1.16. The third-order valence-corrected chi connectivity index (χ3v) is 3.19. The maximum absolute atomic E-state index is 5.83. The van der Waals surface area contributed by atoms with Gasteiger partial charge in [0.15, 0.2) is 0 Å². The minimum atomic E-state index is 0.152. The SMILES string of the molecule is CC1(C)COc2c1ccc1ccccc21. The van der Waals surface area contributed by atoms with Crippen LogP contribution in [-0.2, 0) is 5.41 Å². The van der Waals surface area contributed by atoms with E-state index in [-0.39, 0.29) is 5.41 Å². The molecule has 15 heavy (non-hydrogen) atoms. The fraction of sp³-hybridized carbons (Fsp3) is 0.286. The van der Waals surface area contributed by atoms with E-state index in [1.165, 1.54) is 16.3 Å². The van der Waals surface area contributed by atoms with Gasteiger partial charge in [-0.15, -0.1) is 0 Å². The summed E-state index contributed by atoms with van der Waals surface area (Å²) < 4.78 is 5.83. The van der Waals surface area contributed by atoms with E-state index in [0.29, 0.717) is 0 Å². The van der Waals surface area contributed by atoms with Crippen LogP contribution in [0.3, 0.4) is 0 Å². The number of hydrogen-bond acceptors (Lipinski definition) is 1. The van der Waals surface area contributed by atoms with E-state index >= 15 is 0 Å². The molecule has 0 bridgehead atoms. The molecule has 0 atom stereocenters. The van der Waals surface area contributed by atoms with Crippen molar-refractivity contribution in [1.82, 2.24) is 0 Å². The fourth-order valence-corrected chi connectivity index (χ4v) is 2.26. The van der Waals surface area contributed by atoms with E-state index in [9.17, 15) is 0 Å². The van der Waals surface area contributed by atoms with Gasteiger partial charge in [-0.3, -0.25) is 0 Å². The van der Waals surface area contributed by atoms with Gasteiger partial charge in [0.25, 0.3) is 0 Å². The highest BCUT2D eigenvalue weighted by molar-refractivity contribution is 5.90. The largest absolute Gasteiger partial charge is 0.492 e. The highest BCUT2D eigenvalue weighted by Gasteiger charge is 2.32. The molecular weight excluding hydrogens is 184 g/mol. The first-order chi connectivity index (χ1) is 7.18. The number of rotatable bonds is 0. The van der Waals surface area contributed by atoms with Crippen LogP contribution in [0.4, 0.5) is 0 Å². The van der Waals surface area contributed by atoms with E-state index in [0.717, 1.165) is 12.4 Å². The molecule has 1 heteroatoms. The molecule has 1 heterocycles. The van der Waals surface area contributed by atoms with E-state index in [4.69, 9.17) is 4.74 Å². The molecule has 1 aliphatic rings. The Hall–Kier alpha value is -1.50. The zero-order valence-electron chi connectivity index (χ0n) is 9.08. The Morgan fingerprint density at radius 2 is 1.87 bits per heavy atom. The number of hydrogen-bond donors (Lipinski definition) is 0. The molecule has 0 amide bonds. The van der Waals surface area contributed by atoms with Crippen molar-refractivity contribution in [2.45, 2.75) is 19.3 Å². The van der Waals surface area contributed by atoms with Crippen molar-refractivity contribution in [3.63, 3.8) is 0 Å². The van der Waals surface area contributed by atoms with E-state index in [1.54, 1.807) is 0 Å². The predicted molar refractivity (Wildman–Crippen MR) is 62.5 cm³/mol. The molecular formula is C14H14O. The van der Waals surface area contributed by atoms with Gasteiger partial charge in [-0.2, -0.15) is 0 Å². The molecule has 0 saturated carbocycles. The Balaban J connectivity index is 2.38. The Bertz CT molecular complexity index is 526. The predicted octanol–water partition coefficient (Wildman–Crippen LogP) is 3.51. The number of benzene rings is 2. The minimum Gasteiger partial charge on any atom is -0.492 e. The molecule has 0 aromatic heterocycles. The topological polar surface area (TPSA) is 9.23 Å². The first kappa shape index (κ1) is 8.78. The Morgan fingerprint density at radius 1 is 1.07 bits per heavy atom. The molecule has 1 nitrogen and oxygen atoms in total. The smallest absolute Gasteiger partial charge is 0.131 e. The van der Waals surface area contributed by atoms with Crippen LogP contribution in [0.2, 0.25) is 0 Å². The van der Waals surface area contributed by atoms with E-state index in [2.05, 4.69) is 50.2 Å². The van der Waals surface area contributed by atoms with Gasteiger partial charge in [0.1, 0.15) is 5.75 Å². The Kier molecular flexibility index (Phi) is 1.61. The summed E-state index contributed by atoms with van der Waals surface area (Å²) in [4.78, 5) is 0. The average Bonchev–Trinajstić information content (AvgIpc) is 2.55. The Morgan fingerprint density at radius 3 is 2.73 bits per heavy atom. The molecule has 0 N–H and O–H groups in total. The first-order valence-corrected chi connectivity index (χ1v) is 5.33. The second-order valence-corrected chi connectivity index (χ2v) is 4.84. The zero-order valence-corrected chi connectivity index (χ0v) is 9.08. The van der Waals surface area contributed by atoms with Crippen LogP contribution in [0.15, 0.2) is 36.4 Å². The quantitative estimate of drug-likeness (QED) is 0.629. The van der Waals surface area contributed by atoms with Gasteiger partial charge in [0.2, 0.25) is 0 Å². The van der Waals surface area contributed by atoms with Gasteiger partial charge < -0.3 is 4.74 Å². The Labute approximate surface area is 89.7 Å². The van der Waals surface area contributed by atoms with Crippen LogP contribution in [0.1, 0.15) is 19.4 Å². The second kappa shape index (κ2) is 2.75. The monoisotopic (exact) mass is 198 g/mol. The van der Waals surface area contributed by atoms with Crippen LogP contribution in [0, 0.1) is 0 Å². The van der Waals surface area contributed by atoms with Crippen molar-refractivity contribution in [3.8, 4) is 5.75 Å². The zero-order chi connectivity index (χ0) is 10.5. The maximum Gasteiger partial charge on any atom is 0.131 e. The minimum absolute atomic E-state index is 0.152. The van der Waals surface area contributed by atoms with Gasteiger partial charge in [-0.05, 0) is 5.39 Å². The summed E-state index contributed by atoms with van der Waals surface area (Å²) in [5.41, 5.74) is 1.49. The van der Waals surface area contributed by atoms with Crippen molar-refractivity contribution in [2.75, 3.05) is 6.61 Å². The van der Waals surface area contributed by atoms with Crippen LogP contribution in [0.25, 0.3) is 10.8 Å². The van der Waals surface area contributed by atoms with Gasteiger partial charge in [-0.1, -0.05) is 50.2 Å². The van der Waals surface area contributed by atoms with Gasteiger partial charge in [-0.25, -0.2) is 0 Å². The molecule has 0 aliphatic carbocycles. The number of fused-ring (bicyclic) bond motifs is 3. The first-order valence-electron chi connectivity index (χ1n) is 5.33. The van der Waals surface area contributed by atoms with Crippen molar-refractivity contribution in [1.29, 1.82) is 0 Å². The molecule has 1 aliphatic heterocycles. The summed E-state index contributed by atoms with van der Waals surface area (Å²) in [7, 11) is 0. The van der Waals surface area contributed by atoms with Gasteiger partial charge >= 0.3 is 0 Å². The summed E-state index contributed by atoms with van der Waals surface area (Å²) in [5.74, 6) is 1.08. The van der Waals surface area contributed by atoms with Crippen molar-refractivity contribution < 1.29 is 4.74 Å². The summed E-state index contributed by atoms with van der Waals surface area (Å²) in [5, 5.41) is 2.49. The highest BCUT2D eigenvalue weighted by atomic mass is 16.5. The normalized spacial score (nSPS) is 17.5. The molecule has 0 unspecified atom stereocenters. The summed E-state index contributed by atoms with van der Waals surface area (Å²) >= 11 is 0. The molecule has 0 spiro atoms. The lowest BCUT2D eigenvalue weighted by atomic mass is 9.86. The number of ether oxygens (including phenoxy) is 1. The lowest BCUT2D eigenvalue weighted by molar-refractivity contribution is 0.293. The van der Waals surface area contributed by atoms with Gasteiger partial charge in [0.05, 0.1) is 6.61 Å². The fourth-order valence-electron chi connectivity index (χ4n) is 2.26. The van der Waals surface area contributed by atoms with E-state index in [1.807, 2.05) is 0 Å². The summed E-state index contributed by atoms with van der Waals surface area (Å²) in [6.07, 6.45) is 0. The van der Waals surface area contributed by atoms with Gasteiger partial charge in [0, 0.05) is 16.4 Å². The highest BCUT2D eigenvalue weighted by Crippen LogP contribution is 2.42. The molecule has 0 radical (unpaired) electrons. The lowest BCUT2D eigenvalue weighted by Gasteiger charge is -2.14. The molecule has 76 valence electrons. The third-order valence-electron chi connectivity index (χ3n) is 3.19. The van der Waals surface area contributed by atoms with Crippen LogP contribution >= 0.6 is 0 Å². The molecule has 0 saturated heterocycles. The van der Waals surface area contributed by atoms with Crippen molar-refractivity contribution in [3.05, 3.63) is 42.0 Å². The van der Waals surface area contributed by atoms with E-state index < -0.39 is 0 Å². The summed E-state index contributed by atoms with van der Waals surface area (Å²) in [6.45, 7) is 5.25. The molecule has 2 aromatic rings. The van der Waals surface area contributed by atoms with Crippen LogP contribution in [0.5, 0.6) is 5.75 Å². The van der Waals surface area contributed by atoms with Crippen LogP contribution in [-0.4, -0.2) is 6.61 Å². The lowest BCUT2D eigenvalue weighted by Crippen LogP contribution is -2.18. The molecule has 3 rings (SSSR count).